The lowest BCUT2D eigenvalue weighted by molar-refractivity contribution is 0.483. The van der Waals surface area contributed by atoms with E-state index in [0.717, 1.165) is 34.0 Å². The number of hydrogen-bond acceptors (Lipinski definition) is 4. The highest BCUT2D eigenvalue weighted by Gasteiger charge is 2.33. The van der Waals surface area contributed by atoms with Crippen LogP contribution in [0.5, 0.6) is 11.5 Å². The molecule has 0 fully saturated rings. The van der Waals surface area contributed by atoms with Crippen molar-refractivity contribution in [3.05, 3.63) is 167 Å². The van der Waals surface area contributed by atoms with Crippen molar-refractivity contribution in [2.45, 2.75) is 131 Å². The normalized spacial score (nSPS) is 13.8. The molecule has 0 saturated carbocycles. The summed E-state index contributed by atoms with van der Waals surface area (Å²) in [7, 11) is 0. The third-order valence-corrected chi connectivity index (χ3v) is 13.7. The van der Waals surface area contributed by atoms with E-state index < -0.39 is 0 Å². The minimum absolute atomic E-state index is 0.0126. The Labute approximate surface area is 400 Å². The Bertz CT molecular complexity index is 3140. The molecule has 0 unspecified atom stereocenters. The third kappa shape index (κ3) is 8.86. The number of nitrogens with zero attached hydrogens (tertiary/aromatic N) is 4. The summed E-state index contributed by atoms with van der Waals surface area (Å²) in [6.45, 7) is 35.0. The van der Waals surface area contributed by atoms with Crippen LogP contribution in [-0.4, -0.2) is 16.2 Å². The van der Waals surface area contributed by atoms with Crippen molar-refractivity contribution in [2.75, 3.05) is 16.5 Å². The second-order valence-corrected chi connectivity index (χ2v) is 24.0. The summed E-state index contributed by atoms with van der Waals surface area (Å²) in [5, 5.41) is 2.39. The van der Waals surface area contributed by atoms with E-state index in [-0.39, 0.29) is 27.1 Å². The summed E-state index contributed by atoms with van der Waals surface area (Å²) in [4.78, 5) is 9.95. The monoisotopic (exact) mass is 887 g/mol. The molecule has 0 atom stereocenters. The highest BCUT2D eigenvalue weighted by atomic mass is 16.5. The van der Waals surface area contributed by atoms with Crippen LogP contribution in [0.1, 0.15) is 132 Å². The molecule has 5 nitrogen and oxygen atoms in total. The van der Waals surface area contributed by atoms with Gasteiger partial charge in [-0.25, -0.2) is 4.98 Å². The summed E-state index contributed by atoms with van der Waals surface area (Å²) in [5.41, 5.74) is 15.8. The molecule has 9 rings (SSSR count). The maximum atomic E-state index is 6.90. The van der Waals surface area contributed by atoms with Crippen molar-refractivity contribution in [2.24, 2.45) is 0 Å². The molecule has 8 aromatic rings. The van der Waals surface area contributed by atoms with Crippen LogP contribution in [0.25, 0.3) is 38.8 Å². The summed E-state index contributed by atoms with van der Waals surface area (Å²) in [6.07, 6.45) is 1.94. The lowest BCUT2D eigenvalue weighted by atomic mass is 9.80. The summed E-state index contributed by atoms with van der Waals surface area (Å²) in [6, 6.07) is 49.5. The zero-order valence-corrected chi connectivity index (χ0v) is 42.7. The number of hydrogen-bond donors (Lipinski definition) is 0. The number of benzene rings is 6. The van der Waals surface area contributed by atoms with Gasteiger partial charge in [-0.15, -0.1) is 0 Å². The largest absolute Gasteiger partial charge is 0.457 e. The number of para-hydroxylation sites is 1. The van der Waals surface area contributed by atoms with E-state index in [1.807, 2.05) is 6.20 Å². The van der Waals surface area contributed by atoms with Gasteiger partial charge in [-0.3, -0.25) is 4.57 Å². The molecule has 3 heterocycles. The van der Waals surface area contributed by atoms with Crippen molar-refractivity contribution < 1.29 is 4.74 Å². The van der Waals surface area contributed by atoms with Gasteiger partial charge in [-0.05, 0) is 127 Å². The molecule has 6 aromatic carbocycles. The molecule has 1 aliphatic rings. The number of rotatable bonds is 6. The fourth-order valence-corrected chi connectivity index (χ4v) is 9.41. The van der Waals surface area contributed by atoms with E-state index in [1.54, 1.807) is 0 Å². The molecule has 5 heteroatoms. The van der Waals surface area contributed by atoms with Crippen LogP contribution in [0, 0.1) is 0 Å². The van der Waals surface area contributed by atoms with E-state index in [2.05, 4.69) is 252 Å². The molecule has 0 amide bonds. The van der Waals surface area contributed by atoms with Crippen LogP contribution in [0.15, 0.2) is 140 Å². The van der Waals surface area contributed by atoms with Crippen LogP contribution in [0.3, 0.4) is 0 Å². The predicted octanol–water partition coefficient (Wildman–Crippen LogP) is 17.4. The molecule has 0 aliphatic carbocycles. The predicted molar refractivity (Wildman–Crippen MR) is 286 cm³/mol. The summed E-state index contributed by atoms with van der Waals surface area (Å²) >= 11 is 0. The fourth-order valence-electron chi connectivity index (χ4n) is 9.41. The van der Waals surface area contributed by atoms with Crippen LogP contribution < -0.4 is 14.5 Å². The van der Waals surface area contributed by atoms with Gasteiger partial charge in [0.05, 0.1) is 22.4 Å². The number of fused-ring (bicyclic) bond motifs is 4. The SMILES string of the molecule is CC(C)(C)c1cccc(-c2cccc3c2N(c2cc(C(C)(C)C)cc(C(C)(C)C)c2)CN3c2cccc(Oc3ccc4c5cc(C(C)(C)C)ccc5n(-c5cc(C(C)(C)C)ccn5)c4c3)c2)c1. The van der Waals surface area contributed by atoms with Gasteiger partial charge >= 0.3 is 0 Å². The van der Waals surface area contributed by atoms with Crippen LogP contribution >= 0.6 is 0 Å². The van der Waals surface area contributed by atoms with Gasteiger partial charge in [0, 0.05) is 46.0 Å². The Hall–Kier alpha value is -6.33. The zero-order valence-electron chi connectivity index (χ0n) is 42.7. The smallest absolute Gasteiger partial charge is 0.137 e. The van der Waals surface area contributed by atoms with Gasteiger partial charge in [-0.2, -0.15) is 0 Å². The summed E-state index contributed by atoms with van der Waals surface area (Å²) < 4.78 is 9.20. The lowest BCUT2D eigenvalue weighted by Gasteiger charge is -2.30. The maximum Gasteiger partial charge on any atom is 0.137 e. The maximum absolute atomic E-state index is 6.90. The topological polar surface area (TPSA) is 33.5 Å². The van der Waals surface area contributed by atoms with Crippen LogP contribution in [0.4, 0.5) is 22.7 Å². The van der Waals surface area contributed by atoms with E-state index in [0.29, 0.717) is 6.67 Å². The number of anilines is 4. The first kappa shape index (κ1) is 45.8. The highest BCUT2D eigenvalue weighted by molar-refractivity contribution is 6.10. The minimum atomic E-state index is -0.0236. The van der Waals surface area contributed by atoms with Gasteiger partial charge in [0.15, 0.2) is 0 Å². The second kappa shape index (κ2) is 16.2. The van der Waals surface area contributed by atoms with E-state index in [9.17, 15) is 0 Å². The first-order valence-corrected chi connectivity index (χ1v) is 24.1. The van der Waals surface area contributed by atoms with Gasteiger partial charge < -0.3 is 14.5 Å². The second-order valence-electron chi connectivity index (χ2n) is 24.0. The van der Waals surface area contributed by atoms with Gasteiger partial charge in [0.2, 0.25) is 0 Å². The van der Waals surface area contributed by atoms with E-state index in [1.165, 1.54) is 66.8 Å². The van der Waals surface area contributed by atoms with Crippen molar-refractivity contribution >= 4 is 44.6 Å². The minimum Gasteiger partial charge on any atom is -0.457 e. The third-order valence-electron chi connectivity index (χ3n) is 13.7. The van der Waals surface area contributed by atoms with Crippen molar-refractivity contribution in [1.29, 1.82) is 0 Å². The van der Waals surface area contributed by atoms with Gasteiger partial charge in [-0.1, -0.05) is 158 Å². The van der Waals surface area contributed by atoms with Gasteiger partial charge in [0.1, 0.15) is 24.0 Å². The molecule has 0 saturated heterocycles. The quantitative estimate of drug-likeness (QED) is 0.167. The van der Waals surface area contributed by atoms with Crippen LogP contribution in [-0.2, 0) is 27.1 Å². The first-order valence-electron chi connectivity index (χ1n) is 24.1. The zero-order chi connectivity index (χ0) is 48.0. The molecule has 0 N–H and O–H groups in total. The number of ether oxygens (including phenoxy) is 1. The molecule has 344 valence electrons. The molecule has 1 aliphatic heterocycles. The summed E-state index contributed by atoms with van der Waals surface area (Å²) in [5.74, 6) is 2.45. The lowest BCUT2D eigenvalue weighted by Crippen LogP contribution is -2.25. The Morgan fingerprint density at radius 1 is 0.433 bits per heavy atom. The standard InChI is InChI=1S/C62H70N4O/c1-58(2,3)41-20-16-19-40(31-41)50-23-18-24-54-57(50)65(47-33-44(61(10,11)12)32-45(34-47)62(13,14)15)39-64(54)46-21-17-22-48(37-46)67-49-26-27-51-52-35-42(59(4,5)6)25-28-53(52)66(55(51)38-49)56-36-43(29-30-63-56)60(7,8)9/h16-38H,39H2,1-15H3. The number of aromatic nitrogens is 2. The Balaban J connectivity index is 1.16. The molecule has 0 spiro atoms. The van der Waals surface area contributed by atoms with Crippen molar-refractivity contribution in [3.63, 3.8) is 0 Å². The Morgan fingerprint density at radius 3 is 1.72 bits per heavy atom. The molecule has 0 bridgehead atoms. The van der Waals surface area contributed by atoms with Crippen LogP contribution in [0.2, 0.25) is 0 Å². The fraction of sp³-hybridized carbons (Fsp3) is 0.339. The first-order chi connectivity index (χ1) is 31.3. The van der Waals surface area contributed by atoms with Gasteiger partial charge in [0.25, 0.3) is 0 Å². The van der Waals surface area contributed by atoms with E-state index in [4.69, 9.17) is 9.72 Å². The molecule has 0 radical (unpaired) electrons. The van der Waals surface area contributed by atoms with Crippen molar-refractivity contribution in [1.82, 2.24) is 9.55 Å². The molecule has 2 aromatic heterocycles. The van der Waals surface area contributed by atoms with E-state index >= 15 is 0 Å². The molecular weight excluding hydrogens is 817 g/mol. The Kier molecular flexibility index (Phi) is 11.1. The average molecular weight is 887 g/mol. The molecular formula is C62H70N4O. The average Bonchev–Trinajstić information content (AvgIpc) is 3.81. The molecule has 67 heavy (non-hydrogen) atoms. The van der Waals surface area contributed by atoms with Crippen molar-refractivity contribution in [3.8, 4) is 28.4 Å². The number of pyridine rings is 1. The Morgan fingerprint density at radius 2 is 1.04 bits per heavy atom. The highest BCUT2D eigenvalue weighted by Crippen LogP contribution is 2.51.